The van der Waals surface area contributed by atoms with Gasteiger partial charge >= 0.3 is 0 Å². The van der Waals surface area contributed by atoms with Crippen LogP contribution in [0.5, 0.6) is 0 Å². The van der Waals surface area contributed by atoms with E-state index in [2.05, 4.69) is 0 Å². The maximum atomic E-state index is 13.3. The van der Waals surface area contributed by atoms with E-state index in [1.807, 2.05) is 42.5 Å². The van der Waals surface area contributed by atoms with Gasteiger partial charge in [0.25, 0.3) is 5.91 Å². The standard InChI is InChI=1S/C22H24N2O4/c25-15-19-21(16-5-2-1-3-6-16)24(13-14-28-19)22(27)17-8-10-18(11-9-17)23-12-4-7-20(23)26/h1-3,5-6,8-11,19,21,25H,4,7,12-15H2/t19-,21-/m1/s1. The van der Waals surface area contributed by atoms with Gasteiger partial charge in [0.2, 0.25) is 5.91 Å². The molecule has 2 aliphatic heterocycles. The normalized spacial score (nSPS) is 22.5. The number of carbonyl (C=O) groups excluding carboxylic acids is 2. The van der Waals surface area contributed by atoms with Gasteiger partial charge in [-0.05, 0) is 36.2 Å². The highest BCUT2D eigenvalue weighted by Gasteiger charge is 2.36. The number of ether oxygens (including phenoxy) is 1. The van der Waals surface area contributed by atoms with Gasteiger partial charge in [-0.15, -0.1) is 0 Å². The minimum absolute atomic E-state index is 0.102. The van der Waals surface area contributed by atoms with Crippen LogP contribution in [-0.4, -0.2) is 54.2 Å². The average Bonchev–Trinajstić information content (AvgIpc) is 3.19. The fourth-order valence-electron chi connectivity index (χ4n) is 4.03. The molecule has 0 radical (unpaired) electrons. The molecule has 0 aliphatic carbocycles. The fraction of sp³-hybridized carbons (Fsp3) is 0.364. The van der Waals surface area contributed by atoms with Crippen molar-refractivity contribution >= 4 is 17.5 Å². The molecule has 2 fully saturated rings. The first-order valence-corrected chi connectivity index (χ1v) is 9.68. The number of amides is 2. The Kier molecular flexibility index (Phi) is 5.41. The molecule has 6 nitrogen and oxygen atoms in total. The Morgan fingerprint density at radius 2 is 1.82 bits per heavy atom. The SMILES string of the molecule is O=C1CCCN1c1ccc(C(=O)N2CCO[C@H](CO)[C@H]2c2ccccc2)cc1. The molecule has 6 heteroatoms. The Morgan fingerprint density at radius 1 is 1.07 bits per heavy atom. The monoisotopic (exact) mass is 380 g/mol. The van der Waals surface area contributed by atoms with Gasteiger partial charge in [0.1, 0.15) is 6.10 Å². The van der Waals surface area contributed by atoms with E-state index < -0.39 is 6.10 Å². The van der Waals surface area contributed by atoms with Crippen molar-refractivity contribution in [2.75, 3.05) is 31.2 Å². The minimum Gasteiger partial charge on any atom is -0.394 e. The number of rotatable bonds is 4. The van der Waals surface area contributed by atoms with Crippen LogP contribution in [0.2, 0.25) is 0 Å². The van der Waals surface area contributed by atoms with Gasteiger partial charge in [-0.25, -0.2) is 0 Å². The van der Waals surface area contributed by atoms with E-state index in [1.165, 1.54) is 0 Å². The highest BCUT2D eigenvalue weighted by molar-refractivity contribution is 5.97. The van der Waals surface area contributed by atoms with Gasteiger partial charge in [0, 0.05) is 30.8 Å². The number of morpholine rings is 1. The van der Waals surface area contributed by atoms with Crippen LogP contribution in [0, 0.1) is 0 Å². The van der Waals surface area contributed by atoms with Gasteiger partial charge in [0.05, 0.1) is 19.3 Å². The zero-order valence-corrected chi connectivity index (χ0v) is 15.7. The van der Waals surface area contributed by atoms with Crippen molar-refractivity contribution in [3.05, 3.63) is 65.7 Å². The van der Waals surface area contributed by atoms with Crippen LogP contribution in [0.15, 0.2) is 54.6 Å². The molecule has 2 aliphatic rings. The molecule has 0 unspecified atom stereocenters. The Balaban J connectivity index is 1.59. The summed E-state index contributed by atoms with van der Waals surface area (Å²) in [6.45, 7) is 1.42. The Hall–Kier alpha value is -2.70. The lowest BCUT2D eigenvalue weighted by Crippen LogP contribution is -2.49. The molecule has 1 N–H and O–H groups in total. The number of nitrogens with zero attached hydrogens (tertiary/aromatic N) is 2. The van der Waals surface area contributed by atoms with Crippen LogP contribution < -0.4 is 4.90 Å². The lowest BCUT2D eigenvalue weighted by molar-refractivity contribution is -0.117. The third-order valence-corrected chi connectivity index (χ3v) is 5.43. The first kappa shape index (κ1) is 18.7. The minimum atomic E-state index is -0.457. The summed E-state index contributed by atoms with van der Waals surface area (Å²) in [6, 6.07) is 16.5. The number of carbonyl (C=O) groups is 2. The van der Waals surface area contributed by atoms with Crippen LogP contribution in [0.25, 0.3) is 0 Å². The van der Waals surface area contributed by atoms with E-state index in [9.17, 15) is 14.7 Å². The molecule has 2 saturated heterocycles. The number of anilines is 1. The second-order valence-electron chi connectivity index (χ2n) is 7.14. The molecular weight excluding hydrogens is 356 g/mol. The summed E-state index contributed by atoms with van der Waals surface area (Å²) in [5, 5.41) is 9.77. The van der Waals surface area contributed by atoms with Crippen LogP contribution >= 0.6 is 0 Å². The lowest BCUT2D eigenvalue weighted by Gasteiger charge is -2.41. The maximum Gasteiger partial charge on any atom is 0.254 e. The second-order valence-corrected chi connectivity index (χ2v) is 7.14. The summed E-state index contributed by atoms with van der Waals surface area (Å²) in [6.07, 6.45) is 0.992. The third kappa shape index (κ3) is 3.53. The Labute approximate surface area is 164 Å². The van der Waals surface area contributed by atoms with Gasteiger partial charge < -0.3 is 19.6 Å². The highest BCUT2D eigenvalue weighted by Crippen LogP contribution is 2.31. The van der Waals surface area contributed by atoms with Gasteiger partial charge in [0.15, 0.2) is 0 Å². The summed E-state index contributed by atoms with van der Waals surface area (Å²) in [4.78, 5) is 28.7. The fourth-order valence-corrected chi connectivity index (χ4v) is 4.03. The Morgan fingerprint density at radius 3 is 2.46 bits per heavy atom. The van der Waals surface area contributed by atoms with Crippen LogP contribution in [0.1, 0.15) is 34.8 Å². The number of benzene rings is 2. The first-order valence-electron chi connectivity index (χ1n) is 9.68. The van der Waals surface area contributed by atoms with Gasteiger partial charge in [-0.3, -0.25) is 9.59 Å². The van der Waals surface area contributed by atoms with Crippen LogP contribution in [0.3, 0.4) is 0 Å². The molecule has 0 bridgehead atoms. The molecular formula is C22H24N2O4. The summed E-state index contributed by atoms with van der Waals surface area (Å²) in [5.74, 6) is 0.0251. The number of hydrogen-bond acceptors (Lipinski definition) is 4. The predicted octanol–water partition coefficient (Wildman–Crippen LogP) is 2.39. The zero-order valence-electron chi connectivity index (χ0n) is 15.7. The average molecular weight is 380 g/mol. The van der Waals surface area contributed by atoms with Crippen molar-refractivity contribution in [2.24, 2.45) is 0 Å². The molecule has 2 amide bonds. The predicted molar refractivity (Wildman–Crippen MR) is 105 cm³/mol. The third-order valence-electron chi connectivity index (χ3n) is 5.43. The van der Waals surface area contributed by atoms with Gasteiger partial charge in [-0.1, -0.05) is 30.3 Å². The molecule has 0 aromatic heterocycles. The molecule has 2 aromatic carbocycles. The highest BCUT2D eigenvalue weighted by atomic mass is 16.5. The van der Waals surface area contributed by atoms with Crippen molar-refractivity contribution < 1.29 is 19.4 Å². The zero-order chi connectivity index (χ0) is 19.5. The molecule has 28 heavy (non-hydrogen) atoms. The lowest BCUT2D eigenvalue weighted by atomic mass is 9.97. The molecule has 2 atom stereocenters. The van der Waals surface area contributed by atoms with Crippen molar-refractivity contribution in [3.8, 4) is 0 Å². The molecule has 0 spiro atoms. The number of hydrogen-bond donors (Lipinski definition) is 1. The molecule has 0 saturated carbocycles. The second kappa shape index (κ2) is 8.12. The largest absolute Gasteiger partial charge is 0.394 e. The van der Waals surface area contributed by atoms with E-state index in [1.54, 1.807) is 21.9 Å². The van der Waals surface area contributed by atoms with Crippen molar-refractivity contribution in [2.45, 2.75) is 25.0 Å². The number of aliphatic hydroxyl groups excluding tert-OH is 1. The Bertz CT molecular complexity index is 837. The van der Waals surface area contributed by atoms with Crippen molar-refractivity contribution in [1.82, 2.24) is 4.90 Å². The van der Waals surface area contributed by atoms with Crippen molar-refractivity contribution in [3.63, 3.8) is 0 Å². The van der Waals surface area contributed by atoms with E-state index in [0.29, 0.717) is 25.1 Å². The molecule has 4 rings (SSSR count). The van der Waals surface area contributed by atoms with E-state index in [0.717, 1.165) is 24.2 Å². The van der Waals surface area contributed by atoms with Gasteiger partial charge in [-0.2, -0.15) is 0 Å². The van der Waals surface area contributed by atoms with E-state index >= 15 is 0 Å². The summed E-state index contributed by atoms with van der Waals surface area (Å²) >= 11 is 0. The quantitative estimate of drug-likeness (QED) is 0.884. The topological polar surface area (TPSA) is 70.1 Å². The molecule has 2 aromatic rings. The summed E-state index contributed by atoms with van der Waals surface area (Å²) in [5.41, 5.74) is 2.33. The summed E-state index contributed by atoms with van der Waals surface area (Å²) < 4.78 is 5.72. The van der Waals surface area contributed by atoms with E-state index in [-0.39, 0.29) is 24.5 Å². The molecule has 146 valence electrons. The van der Waals surface area contributed by atoms with Crippen LogP contribution in [-0.2, 0) is 9.53 Å². The van der Waals surface area contributed by atoms with Crippen LogP contribution in [0.4, 0.5) is 5.69 Å². The molecule has 2 heterocycles. The van der Waals surface area contributed by atoms with Crippen molar-refractivity contribution in [1.29, 1.82) is 0 Å². The maximum absolute atomic E-state index is 13.3. The smallest absolute Gasteiger partial charge is 0.254 e. The number of aliphatic hydroxyl groups is 1. The van der Waals surface area contributed by atoms with E-state index in [4.69, 9.17) is 4.74 Å². The first-order chi connectivity index (χ1) is 13.7. The summed E-state index contributed by atoms with van der Waals surface area (Å²) in [7, 11) is 0.